The number of hydrogen-bond donors (Lipinski definition) is 1. The number of benzene rings is 1. The van der Waals surface area contributed by atoms with Gasteiger partial charge in [-0.25, -0.2) is 4.79 Å². The van der Waals surface area contributed by atoms with Crippen molar-refractivity contribution in [1.82, 2.24) is 9.88 Å². The van der Waals surface area contributed by atoms with Crippen LogP contribution < -0.4 is 0 Å². The molecule has 0 spiro atoms. The third-order valence-electron chi connectivity index (χ3n) is 6.40. The highest BCUT2D eigenvalue weighted by atomic mass is 16.5. The summed E-state index contributed by atoms with van der Waals surface area (Å²) in [5.74, 6) is 0.279. The van der Waals surface area contributed by atoms with E-state index >= 15 is 0 Å². The Balaban J connectivity index is 1.61. The molecule has 1 aromatic heterocycles. The van der Waals surface area contributed by atoms with Crippen LogP contribution in [0.5, 0.6) is 0 Å². The van der Waals surface area contributed by atoms with E-state index in [4.69, 9.17) is 4.74 Å². The van der Waals surface area contributed by atoms with Crippen LogP contribution in [0.2, 0.25) is 0 Å². The summed E-state index contributed by atoms with van der Waals surface area (Å²) < 4.78 is 4.85. The van der Waals surface area contributed by atoms with E-state index in [0.717, 1.165) is 35.1 Å². The zero-order chi connectivity index (χ0) is 20.2. The van der Waals surface area contributed by atoms with Gasteiger partial charge in [-0.2, -0.15) is 0 Å². The normalized spacial score (nSPS) is 22.5. The number of nitrogens with one attached hydrogen (secondary N) is 1. The van der Waals surface area contributed by atoms with Crippen LogP contribution in [0.1, 0.15) is 49.3 Å². The molecule has 0 bridgehead atoms. The van der Waals surface area contributed by atoms with Gasteiger partial charge in [-0.05, 0) is 43.4 Å². The van der Waals surface area contributed by atoms with Crippen LogP contribution in [0.15, 0.2) is 29.8 Å². The second-order valence-corrected chi connectivity index (χ2v) is 8.91. The molecule has 2 heterocycles. The van der Waals surface area contributed by atoms with Crippen molar-refractivity contribution < 1.29 is 14.3 Å². The predicted molar refractivity (Wildman–Crippen MR) is 109 cm³/mol. The van der Waals surface area contributed by atoms with Crippen molar-refractivity contribution >= 4 is 22.8 Å². The fourth-order valence-electron chi connectivity index (χ4n) is 4.66. The number of ether oxygens (including phenoxy) is 1. The van der Waals surface area contributed by atoms with Crippen LogP contribution >= 0.6 is 0 Å². The zero-order valence-electron chi connectivity index (χ0n) is 17.3. The maximum atomic E-state index is 13.3. The summed E-state index contributed by atoms with van der Waals surface area (Å²) in [6.07, 6.45) is 3.05. The molecule has 1 aromatic carbocycles. The van der Waals surface area contributed by atoms with Crippen molar-refractivity contribution in [3.63, 3.8) is 0 Å². The first-order chi connectivity index (χ1) is 13.2. The molecule has 1 aliphatic carbocycles. The summed E-state index contributed by atoms with van der Waals surface area (Å²) in [6.45, 7) is 9.87. The molecule has 1 fully saturated rings. The molecule has 1 saturated carbocycles. The molecule has 2 atom stereocenters. The number of nitrogens with zero attached hydrogens (tertiary/aromatic N) is 1. The van der Waals surface area contributed by atoms with Gasteiger partial charge in [-0.15, -0.1) is 0 Å². The molecular weight excluding hydrogens is 352 g/mol. The Hall–Kier alpha value is -2.56. The molecule has 28 heavy (non-hydrogen) atoms. The van der Waals surface area contributed by atoms with Crippen LogP contribution in [0.4, 0.5) is 0 Å². The van der Waals surface area contributed by atoms with Gasteiger partial charge in [-0.3, -0.25) is 4.79 Å². The van der Waals surface area contributed by atoms with Crippen molar-refractivity contribution in [3.8, 4) is 0 Å². The Labute approximate surface area is 165 Å². The Morgan fingerprint density at radius 3 is 2.71 bits per heavy atom. The standard InChI is InChI=1S/C23H28N2O3/c1-13(2)10-17-20(23(17,3)4)21(26)25-9-8-19-16(12-25)15-11-14(22(27)28-5)6-7-18(15)24-19/h6-7,10-11,17,20,24H,8-9,12H2,1-5H3/t17-,20+/m1/s1. The van der Waals surface area contributed by atoms with Gasteiger partial charge in [0.05, 0.1) is 18.6 Å². The number of amides is 1. The number of hydrogen-bond acceptors (Lipinski definition) is 3. The lowest BCUT2D eigenvalue weighted by molar-refractivity contribution is -0.134. The molecular formula is C23H28N2O3. The van der Waals surface area contributed by atoms with Gasteiger partial charge in [0, 0.05) is 41.7 Å². The molecule has 0 unspecified atom stereocenters. The number of aromatic amines is 1. The van der Waals surface area contributed by atoms with Gasteiger partial charge in [0.1, 0.15) is 0 Å². The van der Waals surface area contributed by atoms with E-state index in [2.05, 4.69) is 38.8 Å². The van der Waals surface area contributed by atoms with Crippen LogP contribution in [0.25, 0.3) is 10.9 Å². The smallest absolute Gasteiger partial charge is 0.337 e. The maximum Gasteiger partial charge on any atom is 0.337 e. The quantitative estimate of drug-likeness (QED) is 0.645. The fourth-order valence-corrected chi connectivity index (χ4v) is 4.66. The lowest BCUT2D eigenvalue weighted by Crippen LogP contribution is -2.37. The minimum atomic E-state index is -0.343. The fraction of sp³-hybridized carbons (Fsp3) is 0.478. The molecule has 1 N–H and O–H groups in total. The number of methoxy groups -OCH3 is 1. The molecule has 4 rings (SSSR count). The summed E-state index contributed by atoms with van der Waals surface area (Å²) in [7, 11) is 1.39. The second-order valence-electron chi connectivity index (χ2n) is 8.91. The third kappa shape index (κ3) is 2.93. The summed E-state index contributed by atoms with van der Waals surface area (Å²) >= 11 is 0. The number of carbonyl (C=O) groups is 2. The zero-order valence-corrected chi connectivity index (χ0v) is 17.3. The van der Waals surface area contributed by atoms with Gasteiger partial charge in [0.25, 0.3) is 0 Å². The molecule has 0 saturated heterocycles. The van der Waals surface area contributed by atoms with E-state index < -0.39 is 0 Å². The molecule has 1 aliphatic heterocycles. The minimum absolute atomic E-state index is 0.0207. The Morgan fingerprint density at radius 1 is 1.29 bits per heavy atom. The summed E-state index contributed by atoms with van der Waals surface area (Å²) in [6, 6.07) is 5.56. The first-order valence-electron chi connectivity index (χ1n) is 9.89. The number of allylic oxidation sites excluding steroid dienone is 2. The van der Waals surface area contributed by atoms with Crippen LogP contribution in [0.3, 0.4) is 0 Å². The number of esters is 1. The average Bonchev–Trinajstić information content (AvgIpc) is 3.01. The molecule has 2 aromatic rings. The van der Waals surface area contributed by atoms with Crippen molar-refractivity contribution in [2.45, 2.75) is 40.7 Å². The van der Waals surface area contributed by atoms with Gasteiger partial charge >= 0.3 is 5.97 Å². The van der Waals surface area contributed by atoms with Crippen molar-refractivity contribution in [3.05, 3.63) is 46.7 Å². The van der Waals surface area contributed by atoms with Gasteiger partial charge in [0.2, 0.25) is 5.91 Å². The maximum absolute atomic E-state index is 13.3. The SMILES string of the molecule is COC(=O)c1ccc2[nH]c3c(c2c1)CN(C(=O)[C@@H]1[C@@H](C=C(C)C)C1(C)C)CC3. The number of fused-ring (bicyclic) bond motifs is 3. The molecule has 0 radical (unpaired) electrons. The van der Waals surface area contributed by atoms with Crippen molar-refractivity contribution in [2.75, 3.05) is 13.7 Å². The highest BCUT2D eigenvalue weighted by Crippen LogP contribution is 2.60. The Kier molecular flexibility index (Phi) is 4.36. The minimum Gasteiger partial charge on any atom is -0.465 e. The van der Waals surface area contributed by atoms with E-state index in [9.17, 15) is 9.59 Å². The molecule has 2 aliphatic rings. The lowest BCUT2D eigenvalue weighted by atomic mass is 10.0. The first kappa shape index (κ1) is 18.8. The summed E-state index contributed by atoms with van der Waals surface area (Å²) in [5, 5.41) is 1.01. The topological polar surface area (TPSA) is 62.4 Å². The average molecular weight is 380 g/mol. The number of aromatic nitrogens is 1. The van der Waals surface area contributed by atoms with E-state index in [0.29, 0.717) is 18.0 Å². The van der Waals surface area contributed by atoms with E-state index in [1.807, 2.05) is 17.0 Å². The Morgan fingerprint density at radius 2 is 2.04 bits per heavy atom. The van der Waals surface area contributed by atoms with Gasteiger partial charge in [0.15, 0.2) is 0 Å². The largest absolute Gasteiger partial charge is 0.465 e. The van der Waals surface area contributed by atoms with Crippen LogP contribution in [-0.4, -0.2) is 35.4 Å². The molecule has 5 nitrogen and oxygen atoms in total. The first-order valence-corrected chi connectivity index (χ1v) is 9.89. The lowest BCUT2D eigenvalue weighted by Gasteiger charge is -2.28. The van der Waals surface area contributed by atoms with E-state index in [1.54, 1.807) is 6.07 Å². The molecule has 148 valence electrons. The number of rotatable bonds is 3. The highest BCUT2D eigenvalue weighted by molar-refractivity contribution is 5.96. The van der Waals surface area contributed by atoms with Crippen LogP contribution in [0, 0.1) is 17.3 Å². The van der Waals surface area contributed by atoms with E-state index in [-0.39, 0.29) is 23.2 Å². The number of carbonyl (C=O) groups excluding carboxylic acids is 2. The number of H-pyrrole nitrogens is 1. The van der Waals surface area contributed by atoms with Gasteiger partial charge in [-0.1, -0.05) is 25.5 Å². The molecule has 5 heteroatoms. The van der Waals surface area contributed by atoms with Gasteiger partial charge < -0.3 is 14.6 Å². The van der Waals surface area contributed by atoms with Crippen LogP contribution in [-0.2, 0) is 22.5 Å². The van der Waals surface area contributed by atoms with E-state index in [1.165, 1.54) is 12.7 Å². The molecule has 1 amide bonds. The summed E-state index contributed by atoms with van der Waals surface area (Å²) in [5.41, 5.74) is 5.11. The highest BCUT2D eigenvalue weighted by Gasteiger charge is 2.61. The monoisotopic (exact) mass is 380 g/mol. The Bertz CT molecular complexity index is 995. The summed E-state index contributed by atoms with van der Waals surface area (Å²) in [4.78, 5) is 30.6. The predicted octanol–water partition coefficient (Wildman–Crippen LogP) is 4.08. The third-order valence-corrected chi connectivity index (χ3v) is 6.40. The second kappa shape index (κ2) is 6.50. The van der Waals surface area contributed by atoms with Crippen molar-refractivity contribution in [1.29, 1.82) is 0 Å². The van der Waals surface area contributed by atoms with Crippen molar-refractivity contribution in [2.24, 2.45) is 17.3 Å².